The van der Waals surface area contributed by atoms with Crippen LogP contribution in [0.2, 0.25) is 0 Å². The Morgan fingerprint density at radius 3 is 2.62 bits per heavy atom. The van der Waals surface area contributed by atoms with Gasteiger partial charge >= 0.3 is 12.1 Å². The molecule has 5 nitrogen and oxygen atoms in total. The van der Waals surface area contributed by atoms with Gasteiger partial charge in [0.1, 0.15) is 0 Å². The third-order valence-corrected chi connectivity index (χ3v) is 2.77. The van der Waals surface area contributed by atoms with Crippen molar-refractivity contribution in [2.24, 2.45) is 0 Å². The molecule has 1 rings (SSSR count). The number of nitro groups is 1. The van der Waals surface area contributed by atoms with Crippen LogP contribution in [0.3, 0.4) is 0 Å². The van der Waals surface area contributed by atoms with E-state index in [-0.39, 0.29) is 18.6 Å². The van der Waals surface area contributed by atoms with Gasteiger partial charge in [-0.25, -0.2) is 0 Å². The topological polar surface area (TPSA) is 69.4 Å². The first-order valence-corrected chi connectivity index (χ1v) is 6.18. The average Bonchev–Trinajstić information content (AvgIpc) is 2.37. The van der Waals surface area contributed by atoms with Gasteiger partial charge in [-0.2, -0.15) is 13.2 Å². The van der Waals surface area contributed by atoms with E-state index in [9.17, 15) is 28.1 Å². The van der Waals surface area contributed by atoms with Gasteiger partial charge in [0.05, 0.1) is 24.5 Å². The molecule has 0 saturated heterocycles. The largest absolute Gasteiger partial charge is 0.466 e. The number of esters is 1. The van der Waals surface area contributed by atoms with Crippen molar-refractivity contribution >= 4 is 5.97 Å². The van der Waals surface area contributed by atoms with Crippen molar-refractivity contribution in [3.05, 3.63) is 45.5 Å². The number of rotatable bonds is 6. The molecule has 0 heterocycles. The first-order chi connectivity index (χ1) is 9.74. The van der Waals surface area contributed by atoms with Gasteiger partial charge in [0.2, 0.25) is 6.54 Å². The maximum absolute atomic E-state index is 12.7. The van der Waals surface area contributed by atoms with Crippen molar-refractivity contribution in [3.63, 3.8) is 0 Å². The molecule has 1 atom stereocenters. The summed E-state index contributed by atoms with van der Waals surface area (Å²) in [6.45, 7) is 1.04. The number of alkyl halides is 3. The third kappa shape index (κ3) is 5.41. The number of ether oxygens (including phenoxy) is 1. The number of hydrogen-bond acceptors (Lipinski definition) is 4. The lowest BCUT2D eigenvalue weighted by molar-refractivity contribution is -0.483. The molecule has 0 aliphatic carbocycles. The zero-order valence-corrected chi connectivity index (χ0v) is 11.2. The molecule has 8 heteroatoms. The van der Waals surface area contributed by atoms with Crippen LogP contribution in [0.15, 0.2) is 24.3 Å². The quantitative estimate of drug-likeness (QED) is 0.460. The van der Waals surface area contributed by atoms with Crippen LogP contribution in [-0.2, 0) is 15.7 Å². The van der Waals surface area contributed by atoms with E-state index in [1.54, 1.807) is 6.92 Å². The Balaban J connectivity index is 3.02. The van der Waals surface area contributed by atoms with Crippen LogP contribution < -0.4 is 0 Å². The van der Waals surface area contributed by atoms with Crippen molar-refractivity contribution in [2.75, 3.05) is 13.2 Å². The van der Waals surface area contributed by atoms with E-state index in [2.05, 4.69) is 4.74 Å². The second-order valence-electron chi connectivity index (χ2n) is 4.34. The highest BCUT2D eigenvalue weighted by Gasteiger charge is 2.32. The molecule has 0 aliphatic rings. The Kier molecular flexibility index (Phi) is 5.69. The van der Waals surface area contributed by atoms with Gasteiger partial charge in [0.25, 0.3) is 0 Å². The summed E-state index contributed by atoms with van der Waals surface area (Å²) < 4.78 is 42.6. The van der Waals surface area contributed by atoms with Gasteiger partial charge in [-0.05, 0) is 18.6 Å². The number of halogens is 3. The molecule has 116 valence electrons. The van der Waals surface area contributed by atoms with E-state index in [4.69, 9.17) is 0 Å². The second kappa shape index (κ2) is 7.05. The van der Waals surface area contributed by atoms with Crippen LogP contribution in [0.1, 0.15) is 30.4 Å². The molecule has 0 saturated carbocycles. The summed E-state index contributed by atoms with van der Waals surface area (Å²) in [6, 6.07) is 4.20. The first-order valence-electron chi connectivity index (χ1n) is 6.18. The molecule has 0 fully saturated rings. The van der Waals surface area contributed by atoms with Gasteiger partial charge in [-0.3, -0.25) is 14.9 Å². The maximum Gasteiger partial charge on any atom is 0.416 e. The minimum Gasteiger partial charge on any atom is -0.466 e. The molecular weight excluding hydrogens is 291 g/mol. The maximum atomic E-state index is 12.7. The number of nitrogens with zero attached hydrogens (tertiary/aromatic N) is 1. The van der Waals surface area contributed by atoms with Crippen LogP contribution in [-0.4, -0.2) is 24.0 Å². The lowest BCUT2D eigenvalue weighted by Gasteiger charge is -2.14. The zero-order valence-electron chi connectivity index (χ0n) is 11.2. The predicted octanol–water partition coefficient (Wildman–Crippen LogP) is 3.02. The van der Waals surface area contributed by atoms with E-state index in [0.29, 0.717) is 0 Å². The fourth-order valence-electron chi connectivity index (χ4n) is 1.86. The van der Waals surface area contributed by atoms with E-state index in [0.717, 1.165) is 18.2 Å². The number of benzene rings is 1. The van der Waals surface area contributed by atoms with Crippen molar-refractivity contribution in [3.8, 4) is 0 Å². The SMILES string of the molecule is CCOC(=O)CC(C[N+](=O)[O-])c1cccc(C(F)(F)F)c1. The van der Waals surface area contributed by atoms with Crippen LogP contribution in [0, 0.1) is 10.1 Å². The molecule has 1 aromatic rings. The molecule has 0 bridgehead atoms. The number of carbonyl (C=O) groups excluding carboxylic acids is 1. The normalized spacial score (nSPS) is 12.8. The highest BCUT2D eigenvalue weighted by Crippen LogP contribution is 2.32. The molecule has 0 aromatic heterocycles. The predicted molar refractivity (Wildman–Crippen MR) is 67.3 cm³/mol. The average molecular weight is 305 g/mol. The van der Waals surface area contributed by atoms with E-state index in [1.165, 1.54) is 6.07 Å². The highest BCUT2D eigenvalue weighted by molar-refractivity contribution is 5.70. The van der Waals surface area contributed by atoms with Crippen LogP contribution in [0.4, 0.5) is 13.2 Å². The molecule has 1 unspecified atom stereocenters. The van der Waals surface area contributed by atoms with Crippen molar-refractivity contribution in [2.45, 2.75) is 25.4 Å². The van der Waals surface area contributed by atoms with Crippen molar-refractivity contribution in [1.29, 1.82) is 0 Å². The Morgan fingerprint density at radius 2 is 2.10 bits per heavy atom. The first kappa shape index (κ1) is 16.9. The number of carbonyl (C=O) groups is 1. The van der Waals surface area contributed by atoms with E-state index in [1.807, 2.05) is 0 Å². The van der Waals surface area contributed by atoms with Gasteiger partial charge in [0.15, 0.2) is 0 Å². The summed E-state index contributed by atoms with van der Waals surface area (Å²) in [5.74, 6) is -1.64. The summed E-state index contributed by atoms with van der Waals surface area (Å²) in [5, 5.41) is 10.6. The molecule has 1 aromatic carbocycles. The Labute approximate surface area is 118 Å². The molecule has 21 heavy (non-hydrogen) atoms. The standard InChI is InChI=1S/C13H14F3NO4/c1-2-21-12(18)7-10(8-17(19)20)9-4-3-5-11(6-9)13(14,15)16/h3-6,10H,2,7-8H2,1H3. The molecule has 0 spiro atoms. The molecular formula is C13H14F3NO4. The smallest absolute Gasteiger partial charge is 0.416 e. The zero-order chi connectivity index (χ0) is 16.0. The minimum atomic E-state index is -4.54. The third-order valence-electron chi connectivity index (χ3n) is 2.77. The molecule has 0 amide bonds. The fraction of sp³-hybridized carbons (Fsp3) is 0.462. The summed E-state index contributed by atoms with van der Waals surface area (Å²) >= 11 is 0. The minimum absolute atomic E-state index is 0.0922. The summed E-state index contributed by atoms with van der Waals surface area (Å²) in [5.41, 5.74) is -0.813. The summed E-state index contributed by atoms with van der Waals surface area (Å²) in [6.07, 6.45) is -4.88. The highest BCUT2D eigenvalue weighted by atomic mass is 19.4. The van der Waals surface area contributed by atoms with Gasteiger partial charge in [-0.1, -0.05) is 18.2 Å². The fourth-order valence-corrected chi connectivity index (χ4v) is 1.86. The lowest BCUT2D eigenvalue weighted by atomic mass is 9.94. The van der Waals surface area contributed by atoms with Crippen molar-refractivity contribution in [1.82, 2.24) is 0 Å². The van der Waals surface area contributed by atoms with Gasteiger partial charge < -0.3 is 4.74 Å². The van der Waals surface area contributed by atoms with Crippen LogP contribution >= 0.6 is 0 Å². The lowest BCUT2D eigenvalue weighted by Crippen LogP contribution is -2.18. The van der Waals surface area contributed by atoms with Crippen LogP contribution in [0.25, 0.3) is 0 Å². The van der Waals surface area contributed by atoms with E-state index >= 15 is 0 Å². The van der Waals surface area contributed by atoms with Crippen molar-refractivity contribution < 1.29 is 27.6 Å². The van der Waals surface area contributed by atoms with E-state index < -0.39 is 35.1 Å². The van der Waals surface area contributed by atoms with Gasteiger partial charge in [0, 0.05) is 4.92 Å². The summed E-state index contributed by atoms with van der Waals surface area (Å²) in [4.78, 5) is 21.4. The molecule has 0 N–H and O–H groups in total. The Hall–Kier alpha value is -2.12. The second-order valence-corrected chi connectivity index (χ2v) is 4.34. The van der Waals surface area contributed by atoms with Crippen LogP contribution in [0.5, 0.6) is 0 Å². The number of hydrogen-bond donors (Lipinski definition) is 0. The monoisotopic (exact) mass is 305 g/mol. The Morgan fingerprint density at radius 1 is 1.43 bits per heavy atom. The Bertz CT molecular complexity index is 516. The molecule has 0 radical (unpaired) electrons. The van der Waals surface area contributed by atoms with Gasteiger partial charge in [-0.15, -0.1) is 0 Å². The summed E-state index contributed by atoms with van der Waals surface area (Å²) in [7, 11) is 0. The molecule has 0 aliphatic heterocycles.